The van der Waals surface area contributed by atoms with Crippen LogP contribution in [0.3, 0.4) is 0 Å². The molecule has 5 heteroatoms. The molecular formula is C11H7Cl2NO2. The van der Waals surface area contributed by atoms with Crippen LogP contribution in [0.5, 0.6) is 0 Å². The first-order chi connectivity index (χ1) is 7.59. The number of rotatable bonds is 2. The van der Waals surface area contributed by atoms with Crippen molar-refractivity contribution < 1.29 is 9.90 Å². The van der Waals surface area contributed by atoms with Crippen LogP contribution in [0, 0.1) is 0 Å². The molecule has 0 saturated carbocycles. The lowest BCUT2D eigenvalue weighted by molar-refractivity contribution is -0.131. The second kappa shape index (κ2) is 4.20. The van der Waals surface area contributed by atoms with Gasteiger partial charge in [0.1, 0.15) is 5.15 Å². The molecule has 0 aliphatic carbocycles. The van der Waals surface area contributed by atoms with Gasteiger partial charge in [0, 0.05) is 17.0 Å². The summed E-state index contributed by atoms with van der Waals surface area (Å²) in [5.41, 5.74) is 1.33. The van der Waals surface area contributed by atoms with E-state index >= 15 is 0 Å². The zero-order valence-corrected chi connectivity index (χ0v) is 9.51. The van der Waals surface area contributed by atoms with E-state index in [0.717, 1.165) is 11.5 Å². The van der Waals surface area contributed by atoms with Crippen LogP contribution in [0.1, 0.15) is 5.56 Å². The summed E-state index contributed by atoms with van der Waals surface area (Å²) in [4.78, 5) is 13.4. The monoisotopic (exact) mass is 255 g/mol. The average molecular weight is 256 g/mol. The molecule has 1 aromatic heterocycles. The molecule has 0 aliphatic heterocycles. The number of fused-ring (bicyclic) bond motifs is 1. The summed E-state index contributed by atoms with van der Waals surface area (Å²) in [5.74, 6) is -1.02. The zero-order valence-electron chi connectivity index (χ0n) is 8.00. The molecule has 0 spiro atoms. The number of halogens is 2. The summed E-state index contributed by atoms with van der Waals surface area (Å²) in [6.45, 7) is 0. The number of H-pyrrole nitrogens is 1. The second-order valence-corrected chi connectivity index (χ2v) is 3.97. The Morgan fingerprint density at radius 3 is 2.81 bits per heavy atom. The quantitative estimate of drug-likeness (QED) is 0.807. The molecule has 0 unspecified atom stereocenters. The van der Waals surface area contributed by atoms with Crippen molar-refractivity contribution in [2.24, 2.45) is 0 Å². The van der Waals surface area contributed by atoms with E-state index in [-0.39, 0.29) is 0 Å². The molecule has 3 nitrogen and oxygen atoms in total. The molecule has 0 aliphatic rings. The van der Waals surface area contributed by atoms with E-state index in [1.54, 1.807) is 12.1 Å². The molecule has 2 N–H and O–H groups in total. The van der Waals surface area contributed by atoms with Crippen molar-refractivity contribution in [3.63, 3.8) is 0 Å². The Morgan fingerprint density at radius 1 is 1.38 bits per heavy atom. The van der Waals surface area contributed by atoms with Crippen molar-refractivity contribution in [1.82, 2.24) is 4.98 Å². The Morgan fingerprint density at radius 2 is 2.12 bits per heavy atom. The predicted octanol–water partition coefficient (Wildman–Crippen LogP) is 3.57. The second-order valence-electron chi connectivity index (χ2n) is 3.19. The first kappa shape index (κ1) is 11.0. The van der Waals surface area contributed by atoms with Crippen LogP contribution in [0.2, 0.25) is 10.2 Å². The molecule has 0 radical (unpaired) electrons. The lowest BCUT2D eigenvalue weighted by atomic mass is 10.1. The van der Waals surface area contributed by atoms with E-state index in [4.69, 9.17) is 28.3 Å². The van der Waals surface area contributed by atoms with Gasteiger partial charge in [-0.1, -0.05) is 35.3 Å². The Hall–Kier alpha value is -1.45. The number of nitrogens with one attached hydrogen (secondary N) is 1. The third kappa shape index (κ3) is 1.92. The summed E-state index contributed by atoms with van der Waals surface area (Å²) < 4.78 is 0. The third-order valence-electron chi connectivity index (χ3n) is 2.17. The van der Waals surface area contributed by atoms with Gasteiger partial charge in [-0.05, 0) is 12.1 Å². The Bertz CT molecular complexity index is 587. The number of para-hydroxylation sites is 1. The van der Waals surface area contributed by atoms with Gasteiger partial charge in [0.15, 0.2) is 0 Å². The van der Waals surface area contributed by atoms with Crippen LogP contribution in [0.4, 0.5) is 0 Å². The van der Waals surface area contributed by atoms with Crippen molar-refractivity contribution in [3.8, 4) is 0 Å². The fraction of sp³-hybridized carbons (Fsp3) is 0. The maximum atomic E-state index is 10.4. The number of benzene rings is 1. The maximum absolute atomic E-state index is 10.4. The summed E-state index contributed by atoms with van der Waals surface area (Å²) in [6.07, 6.45) is 2.48. The van der Waals surface area contributed by atoms with Crippen molar-refractivity contribution in [1.29, 1.82) is 0 Å². The topological polar surface area (TPSA) is 53.1 Å². The minimum atomic E-state index is -1.02. The molecule has 0 bridgehead atoms. The number of aliphatic carboxylic acids is 1. The van der Waals surface area contributed by atoms with E-state index in [1.807, 2.05) is 6.07 Å². The van der Waals surface area contributed by atoms with Gasteiger partial charge in [-0.3, -0.25) is 0 Å². The Kier molecular flexibility index (Phi) is 2.90. The van der Waals surface area contributed by atoms with Gasteiger partial charge in [0.2, 0.25) is 0 Å². The van der Waals surface area contributed by atoms with Crippen LogP contribution in [-0.2, 0) is 4.79 Å². The number of carboxylic acids is 1. The van der Waals surface area contributed by atoms with E-state index in [9.17, 15) is 4.79 Å². The molecular weight excluding hydrogens is 249 g/mol. The molecule has 2 rings (SSSR count). The summed E-state index contributed by atoms with van der Waals surface area (Å²) in [6, 6.07) is 5.35. The molecule has 82 valence electrons. The lowest BCUT2D eigenvalue weighted by Crippen LogP contribution is -1.85. The molecule has 1 aromatic carbocycles. The summed E-state index contributed by atoms with van der Waals surface area (Å²) in [5, 5.41) is 10.3. The zero-order chi connectivity index (χ0) is 11.7. The fourth-order valence-electron chi connectivity index (χ4n) is 1.49. The number of hydrogen-bond donors (Lipinski definition) is 2. The van der Waals surface area contributed by atoms with Crippen LogP contribution in [0.15, 0.2) is 24.3 Å². The van der Waals surface area contributed by atoms with Gasteiger partial charge in [0.25, 0.3) is 0 Å². The standard InChI is InChI=1S/C11H7Cl2NO2/c12-8-3-1-2-6-7(4-5-9(15)16)11(13)14-10(6)8/h1-5,14H,(H,15,16)/b5-4+. The Labute approximate surface area is 101 Å². The predicted molar refractivity (Wildman–Crippen MR) is 65.0 cm³/mol. The molecule has 0 amide bonds. The summed E-state index contributed by atoms with van der Waals surface area (Å²) in [7, 11) is 0. The van der Waals surface area contributed by atoms with E-state index in [1.165, 1.54) is 6.08 Å². The smallest absolute Gasteiger partial charge is 0.328 e. The van der Waals surface area contributed by atoms with E-state index < -0.39 is 5.97 Å². The van der Waals surface area contributed by atoms with Gasteiger partial charge >= 0.3 is 5.97 Å². The SMILES string of the molecule is O=C(O)/C=C/c1c(Cl)[nH]c2c(Cl)cccc12. The van der Waals surface area contributed by atoms with Crippen molar-refractivity contribution in [2.75, 3.05) is 0 Å². The van der Waals surface area contributed by atoms with Crippen LogP contribution >= 0.6 is 23.2 Å². The van der Waals surface area contributed by atoms with Crippen molar-refractivity contribution >= 4 is 46.2 Å². The highest BCUT2D eigenvalue weighted by molar-refractivity contribution is 6.37. The number of aromatic nitrogens is 1. The molecule has 0 saturated heterocycles. The summed E-state index contributed by atoms with van der Waals surface area (Å²) >= 11 is 11.9. The molecule has 0 fully saturated rings. The normalized spacial score (nSPS) is 11.4. The minimum absolute atomic E-state index is 0.376. The Balaban J connectivity index is 2.65. The van der Waals surface area contributed by atoms with Gasteiger partial charge in [-0.25, -0.2) is 4.79 Å². The van der Waals surface area contributed by atoms with Crippen molar-refractivity contribution in [3.05, 3.63) is 40.0 Å². The molecule has 0 atom stereocenters. The number of aromatic amines is 1. The number of carboxylic acid groups (broad SMARTS) is 1. The average Bonchev–Trinajstić information content (AvgIpc) is 2.53. The van der Waals surface area contributed by atoms with Gasteiger partial charge < -0.3 is 10.1 Å². The van der Waals surface area contributed by atoms with Crippen LogP contribution in [0.25, 0.3) is 17.0 Å². The van der Waals surface area contributed by atoms with E-state index in [2.05, 4.69) is 4.98 Å². The van der Waals surface area contributed by atoms with Crippen LogP contribution in [-0.4, -0.2) is 16.1 Å². The highest BCUT2D eigenvalue weighted by atomic mass is 35.5. The first-order valence-corrected chi connectivity index (χ1v) is 5.22. The van der Waals surface area contributed by atoms with Gasteiger partial charge in [-0.15, -0.1) is 0 Å². The first-order valence-electron chi connectivity index (χ1n) is 4.46. The third-order valence-corrected chi connectivity index (χ3v) is 2.78. The van der Waals surface area contributed by atoms with Crippen LogP contribution < -0.4 is 0 Å². The van der Waals surface area contributed by atoms with Gasteiger partial charge in [0.05, 0.1) is 10.5 Å². The minimum Gasteiger partial charge on any atom is -0.478 e. The number of hydrogen-bond acceptors (Lipinski definition) is 1. The van der Waals surface area contributed by atoms with Crippen molar-refractivity contribution in [2.45, 2.75) is 0 Å². The highest BCUT2D eigenvalue weighted by Gasteiger charge is 2.09. The van der Waals surface area contributed by atoms with E-state index in [0.29, 0.717) is 21.3 Å². The lowest BCUT2D eigenvalue weighted by Gasteiger charge is -1.93. The van der Waals surface area contributed by atoms with Gasteiger partial charge in [-0.2, -0.15) is 0 Å². The maximum Gasteiger partial charge on any atom is 0.328 e. The molecule has 2 aromatic rings. The highest BCUT2D eigenvalue weighted by Crippen LogP contribution is 2.31. The molecule has 1 heterocycles. The fourth-order valence-corrected chi connectivity index (χ4v) is 1.97. The number of carbonyl (C=O) groups is 1. The largest absolute Gasteiger partial charge is 0.478 e. The molecule has 16 heavy (non-hydrogen) atoms.